The van der Waals surface area contributed by atoms with E-state index in [-0.39, 0.29) is 15.9 Å². The molecule has 110 valence electrons. The van der Waals surface area contributed by atoms with E-state index in [4.69, 9.17) is 5.73 Å². The van der Waals surface area contributed by atoms with Gasteiger partial charge in [0.2, 0.25) is 0 Å². The molecule has 0 aliphatic carbocycles. The van der Waals surface area contributed by atoms with Gasteiger partial charge in [0.25, 0.3) is 5.69 Å². The van der Waals surface area contributed by atoms with E-state index in [0.29, 0.717) is 10.7 Å². The van der Waals surface area contributed by atoms with Crippen LogP contribution in [0.15, 0.2) is 65.7 Å². The van der Waals surface area contributed by atoms with E-state index in [1.807, 2.05) is 36.4 Å². The van der Waals surface area contributed by atoms with Gasteiger partial charge in [-0.05, 0) is 11.6 Å². The maximum atomic E-state index is 11.2. The highest BCUT2D eigenvalue weighted by Gasteiger charge is 2.25. The highest BCUT2D eigenvalue weighted by molar-refractivity contribution is 8.14. The molecule has 0 aromatic heterocycles. The second-order valence-corrected chi connectivity index (χ2v) is 5.88. The summed E-state index contributed by atoms with van der Waals surface area (Å²) in [6, 6.07) is 16.4. The number of hydrogen-bond donors (Lipinski definition) is 1. The van der Waals surface area contributed by atoms with Crippen LogP contribution in [0.2, 0.25) is 0 Å². The van der Waals surface area contributed by atoms with E-state index in [0.717, 1.165) is 11.3 Å². The Balaban J connectivity index is 2.04. The molecule has 1 heterocycles. The van der Waals surface area contributed by atoms with Gasteiger partial charge in [-0.15, -0.1) is 0 Å². The van der Waals surface area contributed by atoms with Crippen LogP contribution in [0.25, 0.3) is 5.70 Å². The Labute approximate surface area is 131 Å². The Kier molecular flexibility index (Phi) is 3.93. The molecule has 2 N–H and O–H groups in total. The molecule has 0 radical (unpaired) electrons. The SMILES string of the molecule is NC1=NC(c2ccccc2)=CC(c2ccccc2[N+](=O)[O-])S1. The maximum absolute atomic E-state index is 11.2. The molecule has 0 bridgehead atoms. The zero-order chi connectivity index (χ0) is 15.5. The lowest BCUT2D eigenvalue weighted by atomic mass is 10.1. The molecule has 3 rings (SSSR count). The number of nitrogens with zero attached hydrogens (tertiary/aromatic N) is 2. The average molecular weight is 311 g/mol. The summed E-state index contributed by atoms with van der Waals surface area (Å²) < 4.78 is 0. The predicted molar refractivity (Wildman–Crippen MR) is 89.5 cm³/mol. The number of hydrogen-bond acceptors (Lipinski definition) is 5. The number of thioether (sulfide) groups is 1. The van der Waals surface area contributed by atoms with Gasteiger partial charge in [0.1, 0.15) is 0 Å². The fraction of sp³-hybridized carbons (Fsp3) is 0.0625. The van der Waals surface area contributed by atoms with Crippen LogP contribution in [0.3, 0.4) is 0 Å². The number of benzene rings is 2. The summed E-state index contributed by atoms with van der Waals surface area (Å²) in [5.74, 6) is 0. The average Bonchev–Trinajstić information content (AvgIpc) is 2.55. The molecule has 0 spiro atoms. The van der Waals surface area contributed by atoms with Gasteiger partial charge in [0.05, 0.1) is 15.9 Å². The van der Waals surface area contributed by atoms with Gasteiger partial charge < -0.3 is 5.73 Å². The normalized spacial score (nSPS) is 17.5. The molecule has 1 aliphatic heterocycles. The molecule has 5 nitrogen and oxygen atoms in total. The van der Waals surface area contributed by atoms with Crippen LogP contribution in [0.4, 0.5) is 5.69 Å². The molecule has 22 heavy (non-hydrogen) atoms. The van der Waals surface area contributed by atoms with Crippen molar-refractivity contribution in [3.05, 3.63) is 81.9 Å². The molecule has 1 atom stereocenters. The monoisotopic (exact) mass is 311 g/mol. The first kappa shape index (κ1) is 14.3. The Morgan fingerprint density at radius 1 is 1.09 bits per heavy atom. The number of para-hydroxylation sites is 1. The van der Waals surface area contributed by atoms with E-state index in [1.54, 1.807) is 18.2 Å². The van der Waals surface area contributed by atoms with Crippen LogP contribution in [0, 0.1) is 10.1 Å². The predicted octanol–water partition coefficient (Wildman–Crippen LogP) is 3.74. The molecule has 0 saturated carbocycles. The first-order valence-corrected chi connectivity index (χ1v) is 7.54. The molecule has 1 aliphatic rings. The summed E-state index contributed by atoms with van der Waals surface area (Å²) in [5.41, 5.74) is 8.32. The van der Waals surface area contributed by atoms with Gasteiger partial charge in [-0.3, -0.25) is 10.1 Å². The lowest BCUT2D eigenvalue weighted by molar-refractivity contribution is -0.385. The quantitative estimate of drug-likeness (QED) is 0.691. The van der Waals surface area contributed by atoms with Crippen molar-refractivity contribution >= 4 is 28.3 Å². The Bertz CT molecular complexity index is 772. The topological polar surface area (TPSA) is 81.5 Å². The number of nitrogens with two attached hydrogens (primary N) is 1. The standard InChI is InChI=1S/C16H13N3O2S/c17-16-18-13(11-6-2-1-3-7-11)10-15(22-16)12-8-4-5-9-14(12)19(20)21/h1-10,15H,(H2,17,18). The van der Waals surface area contributed by atoms with Crippen molar-refractivity contribution in [3.8, 4) is 0 Å². The van der Waals surface area contributed by atoms with E-state index in [9.17, 15) is 10.1 Å². The highest BCUT2D eigenvalue weighted by Crippen LogP contribution is 2.40. The summed E-state index contributed by atoms with van der Waals surface area (Å²) in [5, 5.41) is 11.4. The lowest BCUT2D eigenvalue weighted by Gasteiger charge is -2.18. The number of nitro benzene ring substituents is 1. The van der Waals surface area contributed by atoms with Crippen LogP contribution in [0.5, 0.6) is 0 Å². The third-order valence-corrected chi connectivity index (χ3v) is 4.27. The molecular formula is C16H13N3O2S. The second-order valence-electron chi connectivity index (χ2n) is 4.72. The van der Waals surface area contributed by atoms with Crippen LogP contribution in [-0.2, 0) is 0 Å². The van der Waals surface area contributed by atoms with Crippen LogP contribution in [0.1, 0.15) is 16.4 Å². The van der Waals surface area contributed by atoms with E-state index in [1.165, 1.54) is 17.8 Å². The van der Waals surface area contributed by atoms with Crippen molar-refractivity contribution in [1.29, 1.82) is 0 Å². The number of aliphatic imine (C=N–C) groups is 1. The summed E-state index contributed by atoms with van der Waals surface area (Å²) in [6.45, 7) is 0. The first-order chi connectivity index (χ1) is 10.6. The Morgan fingerprint density at radius 2 is 1.77 bits per heavy atom. The van der Waals surface area contributed by atoms with Gasteiger partial charge in [-0.25, -0.2) is 4.99 Å². The molecule has 0 fully saturated rings. The molecule has 0 amide bonds. The largest absolute Gasteiger partial charge is 0.378 e. The van der Waals surface area contributed by atoms with Gasteiger partial charge in [-0.2, -0.15) is 0 Å². The molecule has 1 unspecified atom stereocenters. The third kappa shape index (κ3) is 2.87. The van der Waals surface area contributed by atoms with Gasteiger partial charge in [0.15, 0.2) is 5.17 Å². The van der Waals surface area contributed by atoms with E-state index < -0.39 is 0 Å². The summed E-state index contributed by atoms with van der Waals surface area (Å²) in [7, 11) is 0. The lowest BCUT2D eigenvalue weighted by Crippen LogP contribution is -2.13. The van der Waals surface area contributed by atoms with E-state index in [2.05, 4.69) is 4.99 Å². The van der Waals surface area contributed by atoms with Crippen LogP contribution >= 0.6 is 11.8 Å². The fourth-order valence-electron chi connectivity index (χ4n) is 2.31. The minimum atomic E-state index is -0.367. The van der Waals surface area contributed by atoms with E-state index >= 15 is 0 Å². The van der Waals surface area contributed by atoms with Gasteiger partial charge in [0, 0.05) is 11.6 Å². The molecule has 6 heteroatoms. The van der Waals surface area contributed by atoms with Crippen molar-refractivity contribution < 1.29 is 4.92 Å². The zero-order valence-electron chi connectivity index (χ0n) is 11.5. The molecule has 2 aromatic rings. The van der Waals surface area contributed by atoms with Crippen LogP contribution in [-0.4, -0.2) is 10.1 Å². The van der Waals surface area contributed by atoms with Crippen molar-refractivity contribution in [2.45, 2.75) is 5.25 Å². The van der Waals surface area contributed by atoms with Crippen LogP contribution < -0.4 is 5.73 Å². The Morgan fingerprint density at radius 3 is 2.50 bits per heavy atom. The summed E-state index contributed by atoms with van der Waals surface area (Å²) in [4.78, 5) is 15.2. The van der Waals surface area contributed by atoms with Crippen molar-refractivity contribution in [2.24, 2.45) is 10.7 Å². The second kappa shape index (κ2) is 6.03. The van der Waals surface area contributed by atoms with Crippen molar-refractivity contribution in [1.82, 2.24) is 0 Å². The molecule has 0 saturated heterocycles. The minimum absolute atomic E-state index is 0.0957. The highest BCUT2D eigenvalue weighted by atomic mass is 32.2. The van der Waals surface area contributed by atoms with Gasteiger partial charge in [-0.1, -0.05) is 60.3 Å². The maximum Gasteiger partial charge on any atom is 0.274 e. The smallest absolute Gasteiger partial charge is 0.274 e. The van der Waals surface area contributed by atoms with Gasteiger partial charge >= 0.3 is 0 Å². The summed E-state index contributed by atoms with van der Waals surface area (Å²) >= 11 is 1.32. The number of nitro groups is 1. The summed E-state index contributed by atoms with van der Waals surface area (Å²) in [6.07, 6.45) is 1.92. The molecular weight excluding hydrogens is 298 g/mol. The zero-order valence-corrected chi connectivity index (χ0v) is 12.4. The number of amidine groups is 1. The minimum Gasteiger partial charge on any atom is -0.378 e. The fourth-order valence-corrected chi connectivity index (χ4v) is 3.24. The Hall–Kier alpha value is -2.60. The van der Waals surface area contributed by atoms with Crippen molar-refractivity contribution in [3.63, 3.8) is 0 Å². The third-order valence-electron chi connectivity index (χ3n) is 3.30. The number of rotatable bonds is 3. The molecule has 2 aromatic carbocycles. The van der Waals surface area contributed by atoms with Crippen molar-refractivity contribution in [2.75, 3.05) is 0 Å². The first-order valence-electron chi connectivity index (χ1n) is 6.66.